The van der Waals surface area contributed by atoms with Crippen LogP contribution in [0.2, 0.25) is 0 Å². The van der Waals surface area contributed by atoms with Gasteiger partial charge in [0.05, 0.1) is 30.6 Å². The van der Waals surface area contributed by atoms with Crippen LogP contribution in [-0.2, 0) is 4.74 Å². The predicted octanol–water partition coefficient (Wildman–Crippen LogP) is 3.68. The quantitative estimate of drug-likeness (QED) is 0.589. The van der Waals surface area contributed by atoms with Gasteiger partial charge in [0, 0.05) is 24.9 Å². The maximum Gasteiger partial charge on any atom is 0.228 e. The number of hydrogen-bond acceptors (Lipinski definition) is 8. The van der Waals surface area contributed by atoms with Crippen LogP contribution in [0.15, 0.2) is 35.5 Å². The Kier molecular flexibility index (Phi) is 7.42. The highest BCUT2D eigenvalue weighted by molar-refractivity contribution is 5.88. The first-order valence-electron chi connectivity index (χ1n) is 11.5. The van der Waals surface area contributed by atoms with Gasteiger partial charge in [-0.2, -0.15) is 4.98 Å². The van der Waals surface area contributed by atoms with E-state index in [1.807, 2.05) is 31.7 Å². The number of nitrogens with two attached hydrogens (primary N) is 1. The monoisotopic (exact) mass is 463 g/mol. The molecule has 0 atom stereocenters. The molecule has 8 nitrogen and oxygen atoms in total. The number of aliphatic imine (C=N–C) groups is 1. The highest BCUT2D eigenvalue weighted by Crippen LogP contribution is 2.29. The topological polar surface area (TPSA) is 102 Å². The summed E-state index contributed by atoms with van der Waals surface area (Å²) in [6.45, 7) is 8.26. The molecule has 3 aromatic rings. The summed E-state index contributed by atoms with van der Waals surface area (Å²) in [5.41, 5.74) is 9.41. The van der Waals surface area contributed by atoms with E-state index in [1.54, 1.807) is 18.4 Å². The number of ether oxygens (including phenoxy) is 1. The van der Waals surface area contributed by atoms with Gasteiger partial charge >= 0.3 is 0 Å². The number of hydrogen-bond donors (Lipinski definition) is 1. The minimum atomic E-state index is -0.321. The van der Waals surface area contributed by atoms with Crippen molar-refractivity contribution in [3.05, 3.63) is 53.2 Å². The van der Waals surface area contributed by atoms with E-state index in [9.17, 15) is 4.39 Å². The number of aromatic nitrogens is 4. The lowest BCUT2D eigenvalue weighted by atomic mass is 10.1. The van der Waals surface area contributed by atoms with E-state index in [4.69, 9.17) is 10.5 Å². The molecule has 0 unspecified atom stereocenters. The number of morpholine rings is 1. The van der Waals surface area contributed by atoms with Crippen molar-refractivity contribution >= 4 is 23.3 Å². The number of benzene rings is 1. The summed E-state index contributed by atoms with van der Waals surface area (Å²) in [6, 6.07) is 5.74. The molecule has 3 heterocycles. The number of allylic oxidation sites excluding steroid dienone is 1. The summed E-state index contributed by atoms with van der Waals surface area (Å²) in [5, 5.41) is 0. The van der Waals surface area contributed by atoms with Gasteiger partial charge in [-0.15, -0.1) is 0 Å². The molecule has 178 valence electrons. The van der Waals surface area contributed by atoms with Crippen LogP contribution in [0.25, 0.3) is 22.4 Å². The Bertz CT molecular complexity index is 1220. The van der Waals surface area contributed by atoms with Crippen LogP contribution in [0, 0.1) is 26.6 Å². The summed E-state index contributed by atoms with van der Waals surface area (Å²) < 4.78 is 20.1. The molecule has 2 fully saturated rings. The third-order valence-corrected chi connectivity index (χ3v) is 5.65. The van der Waals surface area contributed by atoms with Gasteiger partial charge in [0.2, 0.25) is 5.95 Å². The van der Waals surface area contributed by atoms with Gasteiger partial charge < -0.3 is 15.4 Å². The molecule has 1 aliphatic carbocycles. The van der Waals surface area contributed by atoms with Crippen LogP contribution < -0.4 is 10.6 Å². The summed E-state index contributed by atoms with van der Waals surface area (Å²) in [6.07, 6.45) is 7.52. The van der Waals surface area contributed by atoms with Crippen molar-refractivity contribution in [1.82, 2.24) is 19.9 Å². The molecule has 5 rings (SSSR count). The van der Waals surface area contributed by atoms with Crippen molar-refractivity contribution in [1.29, 1.82) is 0 Å². The number of aryl methyl sites for hydroxylation is 3. The second kappa shape index (κ2) is 10.6. The zero-order valence-corrected chi connectivity index (χ0v) is 19.8. The van der Waals surface area contributed by atoms with Crippen LogP contribution in [0.5, 0.6) is 0 Å². The molecule has 1 saturated carbocycles. The molecule has 1 saturated heterocycles. The van der Waals surface area contributed by atoms with Crippen molar-refractivity contribution in [2.24, 2.45) is 10.7 Å². The second-order valence-electron chi connectivity index (χ2n) is 8.44. The normalized spacial score (nSPS) is 16.3. The summed E-state index contributed by atoms with van der Waals surface area (Å²) in [4.78, 5) is 24.6. The molecule has 2 aliphatic rings. The van der Waals surface area contributed by atoms with Crippen LogP contribution >= 0.6 is 0 Å². The Morgan fingerprint density at radius 3 is 2.47 bits per heavy atom. The van der Waals surface area contributed by atoms with Gasteiger partial charge in [0.15, 0.2) is 5.65 Å². The van der Waals surface area contributed by atoms with Crippen molar-refractivity contribution in [3.8, 4) is 11.3 Å². The number of rotatable bonds is 4. The predicted molar refractivity (Wildman–Crippen MR) is 133 cm³/mol. The molecule has 2 N–H and O–H groups in total. The molecule has 0 spiro atoms. The van der Waals surface area contributed by atoms with Crippen LogP contribution in [0.4, 0.5) is 10.3 Å². The number of halogens is 1. The SMILES string of the molecule is Cc1ccc(-c2nc(N3CCOCC3)nc3nc(C)c(C)nc23)c(F)c1.N/C=C\C=NC1CC1. The lowest BCUT2D eigenvalue weighted by Gasteiger charge is -2.27. The maximum absolute atomic E-state index is 14.7. The molecule has 2 aromatic heterocycles. The van der Waals surface area contributed by atoms with Gasteiger partial charge in [0.1, 0.15) is 17.0 Å². The first kappa shape index (κ1) is 23.7. The standard InChI is InChI=1S/C19H20FN5O.C6H10N2/c1-11-4-5-14(15(20)10-11)16-17-18(22-13(3)12(2)21-17)24-19(23-16)25-6-8-26-9-7-25;7-4-1-5-8-6-2-3-6/h4-5,10H,6-9H2,1-3H3;1,4-6H,2-3,7H2/b;4-1-,8-5?. The fourth-order valence-electron chi connectivity index (χ4n) is 3.45. The third-order valence-electron chi connectivity index (χ3n) is 5.65. The summed E-state index contributed by atoms with van der Waals surface area (Å²) in [5.74, 6) is 0.214. The van der Waals surface area contributed by atoms with Crippen LogP contribution in [0.3, 0.4) is 0 Å². The molecule has 0 bridgehead atoms. The van der Waals surface area contributed by atoms with Gasteiger partial charge in [-0.25, -0.2) is 19.3 Å². The second-order valence-corrected chi connectivity index (χ2v) is 8.44. The number of anilines is 1. The third kappa shape index (κ3) is 5.72. The molecule has 1 aliphatic heterocycles. The Morgan fingerprint density at radius 1 is 1.06 bits per heavy atom. The number of fused-ring (bicyclic) bond motifs is 1. The molecule has 0 radical (unpaired) electrons. The first-order valence-corrected chi connectivity index (χ1v) is 11.5. The maximum atomic E-state index is 14.7. The van der Waals surface area contributed by atoms with E-state index in [1.165, 1.54) is 25.1 Å². The smallest absolute Gasteiger partial charge is 0.228 e. The average Bonchev–Trinajstić information content (AvgIpc) is 3.65. The van der Waals surface area contributed by atoms with Gasteiger partial charge in [-0.3, -0.25) is 4.99 Å². The fourth-order valence-corrected chi connectivity index (χ4v) is 3.45. The molecule has 1 aromatic carbocycles. The van der Waals surface area contributed by atoms with E-state index < -0.39 is 0 Å². The minimum Gasteiger partial charge on any atom is -0.405 e. The Hall–Kier alpha value is -3.46. The van der Waals surface area contributed by atoms with Gasteiger partial charge in [0.25, 0.3) is 0 Å². The average molecular weight is 464 g/mol. The van der Waals surface area contributed by atoms with Crippen molar-refractivity contribution in [2.45, 2.75) is 39.7 Å². The van der Waals surface area contributed by atoms with Crippen molar-refractivity contribution < 1.29 is 9.13 Å². The lowest BCUT2D eigenvalue weighted by Crippen LogP contribution is -2.37. The van der Waals surface area contributed by atoms with E-state index >= 15 is 0 Å². The van der Waals surface area contributed by atoms with Crippen LogP contribution in [0.1, 0.15) is 29.8 Å². The Morgan fingerprint density at radius 2 is 1.79 bits per heavy atom. The van der Waals surface area contributed by atoms with E-state index in [2.05, 4.69) is 24.9 Å². The van der Waals surface area contributed by atoms with Crippen molar-refractivity contribution in [3.63, 3.8) is 0 Å². The Labute approximate surface area is 198 Å². The molecule has 34 heavy (non-hydrogen) atoms. The molecule has 0 amide bonds. The van der Waals surface area contributed by atoms with E-state index in [-0.39, 0.29) is 5.82 Å². The van der Waals surface area contributed by atoms with Gasteiger partial charge in [-0.05, 0) is 63.6 Å². The zero-order chi connectivity index (χ0) is 24.1. The largest absolute Gasteiger partial charge is 0.405 e. The van der Waals surface area contributed by atoms with Gasteiger partial charge in [-0.1, -0.05) is 6.07 Å². The zero-order valence-electron chi connectivity index (χ0n) is 19.8. The minimum absolute atomic E-state index is 0.321. The fraction of sp³-hybridized carbons (Fsp3) is 0.400. The summed E-state index contributed by atoms with van der Waals surface area (Å²) in [7, 11) is 0. The molecular formula is C25H30FN7O. The molecular weight excluding hydrogens is 433 g/mol. The summed E-state index contributed by atoms with van der Waals surface area (Å²) >= 11 is 0. The lowest BCUT2D eigenvalue weighted by molar-refractivity contribution is 0.122. The number of nitrogens with zero attached hydrogens (tertiary/aromatic N) is 6. The van der Waals surface area contributed by atoms with E-state index in [0.717, 1.165) is 17.0 Å². The Balaban J connectivity index is 0.000000291. The highest BCUT2D eigenvalue weighted by atomic mass is 19.1. The first-order chi connectivity index (χ1) is 16.5. The van der Waals surface area contributed by atoms with E-state index in [0.29, 0.717) is 60.7 Å². The van der Waals surface area contributed by atoms with Crippen molar-refractivity contribution in [2.75, 3.05) is 31.2 Å². The highest BCUT2D eigenvalue weighted by Gasteiger charge is 2.21. The van der Waals surface area contributed by atoms with Crippen LogP contribution in [-0.4, -0.2) is 58.5 Å². The molecule has 9 heteroatoms.